The molecule has 0 bridgehead atoms. The Kier molecular flexibility index (Phi) is 4.58. The van der Waals surface area contributed by atoms with E-state index in [0.717, 1.165) is 19.3 Å². The number of hydrogen-bond donors (Lipinski definition) is 2. The van der Waals surface area contributed by atoms with Crippen molar-refractivity contribution in [3.63, 3.8) is 0 Å². The van der Waals surface area contributed by atoms with Crippen LogP contribution >= 0.6 is 0 Å². The maximum atomic E-state index is 11.8. The third kappa shape index (κ3) is 5.34. The molecule has 0 heterocycles. The average Bonchev–Trinajstić information content (AvgIpc) is 2.48. The molecule has 6 heteroatoms. The van der Waals surface area contributed by atoms with Crippen LogP contribution in [0.1, 0.15) is 26.2 Å². The van der Waals surface area contributed by atoms with Crippen LogP contribution in [0.5, 0.6) is 0 Å². The summed E-state index contributed by atoms with van der Waals surface area (Å²) in [6.45, 7) is 0.708. The van der Waals surface area contributed by atoms with Crippen molar-refractivity contribution < 1.29 is 18.0 Å². The van der Waals surface area contributed by atoms with E-state index in [4.69, 9.17) is 0 Å². The zero-order valence-electron chi connectivity index (χ0n) is 9.23. The highest BCUT2D eigenvalue weighted by atomic mass is 19.4. The zero-order valence-corrected chi connectivity index (χ0v) is 9.23. The summed E-state index contributed by atoms with van der Waals surface area (Å²) in [6, 6.07) is 0.134. The highest BCUT2D eigenvalue weighted by Gasteiger charge is 2.27. The van der Waals surface area contributed by atoms with E-state index in [-0.39, 0.29) is 18.5 Å². The molecule has 1 rings (SSSR count). The number of amides is 1. The molecule has 1 amide bonds. The van der Waals surface area contributed by atoms with Gasteiger partial charge in [-0.2, -0.15) is 13.2 Å². The second-order valence-corrected chi connectivity index (χ2v) is 4.40. The smallest absolute Gasteiger partial charge is 0.352 e. The van der Waals surface area contributed by atoms with Crippen LogP contribution in [-0.2, 0) is 4.79 Å². The lowest BCUT2D eigenvalue weighted by Gasteiger charge is -2.13. The van der Waals surface area contributed by atoms with Crippen LogP contribution in [0.2, 0.25) is 0 Å². The standard InChI is InChI=1S/C10H17F3N2O/c1-7-2-3-8(4-7)15-9(16)5-14-6-10(11,12)13/h7-8,14H,2-6H2,1H3,(H,15,16). The van der Waals surface area contributed by atoms with E-state index in [2.05, 4.69) is 17.6 Å². The van der Waals surface area contributed by atoms with Crippen molar-refractivity contribution >= 4 is 5.91 Å². The number of nitrogens with one attached hydrogen (secondary N) is 2. The SMILES string of the molecule is CC1CCC(NC(=O)CNCC(F)(F)F)C1. The van der Waals surface area contributed by atoms with E-state index in [9.17, 15) is 18.0 Å². The molecule has 0 aromatic heterocycles. The quantitative estimate of drug-likeness (QED) is 0.778. The van der Waals surface area contributed by atoms with Gasteiger partial charge in [-0.15, -0.1) is 0 Å². The van der Waals surface area contributed by atoms with Crippen molar-refractivity contribution in [1.29, 1.82) is 0 Å². The second-order valence-electron chi connectivity index (χ2n) is 4.40. The van der Waals surface area contributed by atoms with Gasteiger partial charge in [0.25, 0.3) is 0 Å². The number of rotatable bonds is 4. The predicted molar refractivity (Wildman–Crippen MR) is 53.9 cm³/mol. The van der Waals surface area contributed by atoms with Gasteiger partial charge < -0.3 is 10.6 Å². The number of hydrogen-bond acceptors (Lipinski definition) is 2. The fourth-order valence-electron chi connectivity index (χ4n) is 1.93. The fraction of sp³-hybridized carbons (Fsp3) is 0.900. The highest BCUT2D eigenvalue weighted by Crippen LogP contribution is 2.24. The monoisotopic (exact) mass is 238 g/mol. The van der Waals surface area contributed by atoms with Crippen molar-refractivity contribution in [2.24, 2.45) is 5.92 Å². The molecule has 1 saturated carbocycles. The summed E-state index contributed by atoms with van der Waals surface area (Å²) >= 11 is 0. The van der Waals surface area contributed by atoms with E-state index in [1.54, 1.807) is 0 Å². The highest BCUT2D eigenvalue weighted by molar-refractivity contribution is 5.78. The third-order valence-corrected chi connectivity index (χ3v) is 2.67. The number of carbonyl (C=O) groups excluding carboxylic acids is 1. The fourth-order valence-corrected chi connectivity index (χ4v) is 1.93. The summed E-state index contributed by atoms with van der Waals surface area (Å²) in [5, 5.41) is 4.80. The van der Waals surface area contributed by atoms with Crippen LogP contribution in [-0.4, -0.2) is 31.2 Å². The van der Waals surface area contributed by atoms with Crippen molar-refractivity contribution in [1.82, 2.24) is 10.6 Å². The van der Waals surface area contributed by atoms with Gasteiger partial charge in [0.2, 0.25) is 5.91 Å². The summed E-state index contributed by atoms with van der Waals surface area (Å²) in [6.07, 6.45) is -1.35. The van der Waals surface area contributed by atoms with Gasteiger partial charge in [0, 0.05) is 6.04 Å². The van der Waals surface area contributed by atoms with Crippen molar-refractivity contribution in [2.75, 3.05) is 13.1 Å². The maximum absolute atomic E-state index is 11.8. The topological polar surface area (TPSA) is 41.1 Å². The molecule has 0 aliphatic heterocycles. The summed E-state index contributed by atoms with van der Waals surface area (Å²) < 4.78 is 35.3. The van der Waals surface area contributed by atoms with Gasteiger partial charge in [-0.1, -0.05) is 6.92 Å². The molecule has 0 spiro atoms. The van der Waals surface area contributed by atoms with Gasteiger partial charge in [-0.05, 0) is 25.2 Å². The van der Waals surface area contributed by atoms with Gasteiger partial charge in [-0.3, -0.25) is 4.79 Å². The predicted octanol–water partition coefficient (Wildman–Crippen LogP) is 1.44. The van der Waals surface area contributed by atoms with Crippen molar-refractivity contribution in [3.8, 4) is 0 Å². The molecular weight excluding hydrogens is 221 g/mol. The second kappa shape index (κ2) is 5.52. The Hall–Kier alpha value is -0.780. The largest absolute Gasteiger partial charge is 0.401 e. The molecule has 1 aliphatic carbocycles. The zero-order chi connectivity index (χ0) is 12.2. The van der Waals surface area contributed by atoms with E-state index in [0.29, 0.717) is 5.92 Å². The Labute approximate surface area is 92.8 Å². The summed E-state index contributed by atoms with van der Waals surface area (Å²) in [7, 11) is 0. The van der Waals surface area contributed by atoms with Crippen LogP contribution in [0.4, 0.5) is 13.2 Å². The molecule has 1 fully saturated rings. The summed E-state index contributed by atoms with van der Waals surface area (Å²) in [5.41, 5.74) is 0. The molecule has 0 aromatic carbocycles. The molecule has 2 unspecified atom stereocenters. The summed E-state index contributed by atoms with van der Waals surface area (Å²) in [4.78, 5) is 11.3. The lowest BCUT2D eigenvalue weighted by molar-refractivity contribution is -0.128. The average molecular weight is 238 g/mol. The molecule has 94 valence electrons. The molecule has 0 aromatic rings. The maximum Gasteiger partial charge on any atom is 0.401 e. The molecule has 3 nitrogen and oxygen atoms in total. The Morgan fingerprint density at radius 3 is 2.56 bits per heavy atom. The van der Waals surface area contributed by atoms with Gasteiger partial charge in [0.05, 0.1) is 13.1 Å². The van der Waals surface area contributed by atoms with E-state index in [1.165, 1.54) is 0 Å². The van der Waals surface area contributed by atoms with E-state index >= 15 is 0 Å². The van der Waals surface area contributed by atoms with E-state index < -0.39 is 12.7 Å². The van der Waals surface area contributed by atoms with Crippen LogP contribution in [0.3, 0.4) is 0 Å². The minimum absolute atomic E-state index is 0.134. The Morgan fingerprint density at radius 2 is 2.06 bits per heavy atom. The lowest BCUT2D eigenvalue weighted by Crippen LogP contribution is -2.41. The molecule has 2 atom stereocenters. The third-order valence-electron chi connectivity index (χ3n) is 2.67. The Balaban J connectivity index is 2.12. The van der Waals surface area contributed by atoms with Crippen LogP contribution in [0, 0.1) is 5.92 Å². The number of alkyl halides is 3. The van der Waals surface area contributed by atoms with Crippen LogP contribution in [0.25, 0.3) is 0 Å². The van der Waals surface area contributed by atoms with Crippen LogP contribution in [0.15, 0.2) is 0 Å². The molecule has 16 heavy (non-hydrogen) atoms. The first-order valence-electron chi connectivity index (χ1n) is 5.43. The number of carbonyl (C=O) groups is 1. The van der Waals surface area contributed by atoms with Gasteiger partial charge in [0.1, 0.15) is 0 Å². The number of halogens is 3. The first kappa shape index (κ1) is 13.3. The Morgan fingerprint density at radius 1 is 1.38 bits per heavy atom. The normalized spacial score (nSPS) is 25.8. The molecule has 0 saturated heterocycles. The molecule has 1 aliphatic rings. The van der Waals surface area contributed by atoms with Crippen molar-refractivity contribution in [3.05, 3.63) is 0 Å². The molecular formula is C10H17F3N2O. The molecule has 2 N–H and O–H groups in total. The minimum Gasteiger partial charge on any atom is -0.352 e. The minimum atomic E-state index is -4.26. The first-order valence-corrected chi connectivity index (χ1v) is 5.43. The molecule has 0 radical (unpaired) electrons. The van der Waals surface area contributed by atoms with E-state index in [1.807, 2.05) is 0 Å². The van der Waals surface area contributed by atoms with Gasteiger partial charge >= 0.3 is 6.18 Å². The first-order chi connectivity index (χ1) is 7.37. The van der Waals surface area contributed by atoms with Crippen LogP contribution < -0.4 is 10.6 Å². The lowest BCUT2D eigenvalue weighted by atomic mass is 10.1. The van der Waals surface area contributed by atoms with Gasteiger partial charge in [0.15, 0.2) is 0 Å². The summed E-state index contributed by atoms with van der Waals surface area (Å²) in [5.74, 6) is 0.233. The van der Waals surface area contributed by atoms with Gasteiger partial charge in [-0.25, -0.2) is 0 Å². The Bertz CT molecular complexity index is 243. The van der Waals surface area contributed by atoms with Crippen molar-refractivity contribution in [2.45, 2.75) is 38.4 Å².